The summed E-state index contributed by atoms with van der Waals surface area (Å²) in [5.41, 5.74) is 4.21. The normalized spacial score (nSPS) is 12.2. The minimum Gasteiger partial charge on any atom is -0.496 e. The van der Waals surface area contributed by atoms with Gasteiger partial charge in [0.25, 0.3) is 10.0 Å². The molecule has 1 amide bonds. The molecule has 0 aliphatic heterocycles. The van der Waals surface area contributed by atoms with Gasteiger partial charge in [0.05, 0.1) is 30.3 Å². The minimum atomic E-state index is -4.07. The fourth-order valence-electron chi connectivity index (χ4n) is 4.38. The summed E-state index contributed by atoms with van der Waals surface area (Å²) >= 11 is 0. The Morgan fingerprint density at radius 2 is 1.61 bits per heavy atom. The van der Waals surface area contributed by atoms with Crippen LogP contribution in [0.25, 0.3) is 0 Å². The maximum Gasteiger partial charge on any atom is 0.264 e. The van der Waals surface area contributed by atoms with Crippen LogP contribution in [-0.2, 0) is 14.8 Å². The van der Waals surface area contributed by atoms with Crippen molar-refractivity contribution in [3.05, 3.63) is 82.9 Å². The lowest BCUT2D eigenvalue weighted by molar-refractivity contribution is -0.120. The molecule has 7 nitrogen and oxygen atoms in total. The van der Waals surface area contributed by atoms with Crippen LogP contribution in [0.3, 0.4) is 0 Å². The summed E-state index contributed by atoms with van der Waals surface area (Å²) in [6.07, 6.45) is 0. The van der Waals surface area contributed by atoms with Gasteiger partial charge in [0, 0.05) is 0 Å². The molecule has 0 radical (unpaired) electrons. The number of methoxy groups -OCH3 is 1. The summed E-state index contributed by atoms with van der Waals surface area (Å²) in [6.45, 7) is 11.7. The second-order valence-electron chi connectivity index (χ2n) is 9.62. The highest BCUT2D eigenvalue weighted by atomic mass is 32.2. The third-order valence-electron chi connectivity index (χ3n) is 6.41. The first kappa shape index (κ1) is 29.0. The number of hydrogen-bond acceptors (Lipinski definition) is 5. The van der Waals surface area contributed by atoms with E-state index >= 15 is 0 Å². The van der Waals surface area contributed by atoms with Gasteiger partial charge in [0.15, 0.2) is 0 Å². The molecule has 0 fully saturated rings. The summed E-state index contributed by atoms with van der Waals surface area (Å²) < 4.78 is 40.0. The number of amides is 1. The van der Waals surface area contributed by atoms with Gasteiger partial charge in [0.2, 0.25) is 5.91 Å². The van der Waals surface area contributed by atoms with Crippen LogP contribution >= 0.6 is 0 Å². The zero-order valence-corrected chi connectivity index (χ0v) is 24.1. The molecule has 0 spiro atoms. The summed E-state index contributed by atoms with van der Waals surface area (Å²) in [6, 6.07) is 17.1. The van der Waals surface area contributed by atoms with Gasteiger partial charge in [-0.2, -0.15) is 0 Å². The number of rotatable bonds is 11. The highest BCUT2D eigenvalue weighted by Gasteiger charge is 2.30. The van der Waals surface area contributed by atoms with Gasteiger partial charge >= 0.3 is 0 Å². The van der Waals surface area contributed by atoms with Crippen LogP contribution in [0.5, 0.6) is 11.5 Å². The average Bonchev–Trinajstić information content (AvgIpc) is 2.87. The number of nitrogens with one attached hydrogen (secondary N) is 1. The van der Waals surface area contributed by atoms with Crippen LogP contribution in [0.15, 0.2) is 65.6 Å². The van der Waals surface area contributed by atoms with Gasteiger partial charge in [-0.3, -0.25) is 9.10 Å². The Morgan fingerprint density at radius 3 is 2.21 bits per heavy atom. The number of sulfonamides is 1. The van der Waals surface area contributed by atoms with Gasteiger partial charge in [-0.25, -0.2) is 8.42 Å². The molecule has 0 heterocycles. The second kappa shape index (κ2) is 12.3. The first-order valence-electron chi connectivity index (χ1n) is 12.8. The summed E-state index contributed by atoms with van der Waals surface area (Å²) in [4.78, 5) is 13.5. The quantitative estimate of drug-likeness (QED) is 0.328. The van der Waals surface area contributed by atoms with E-state index in [9.17, 15) is 13.2 Å². The third-order valence-corrected chi connectivity index (χ3v) is 8.19. The van der Waals surface area contributed by atoms with Crippen molar-refractivity contribution in [3.63, 3.8) is 0 Å². The molecule has 3 aromatic rings. The molecule has 3 rings (SSSR count). The number of hydrogen-bond donors (Lipinski definition) is 1. The Balaban J connectivity index is 1.97. The van der Waals surface area contributed by atoms with Crippen LogP contribution < -0.4 is 19.1 Å². The number of aryl methyl sites for hydroxylation is 2. The molecule has 3 aromatic carbocycles. The van der Waals surface area contributed by atoms with Crippen LogP contribution in [0, 0.1) is 13.8 Å². The molecule has 0 aromatic heterocycles. The molecule has 38 heavy (non-hydrogen) atoms. The second-order valence-corrected chi connectivity index (χ2v) is 11.5. The standard InChI is InChI=1S/C30H38N2O5S/c1-8-37-28-12-10-9-11-27(28)32(38(34,35)24-15-13-21(4)14-16-24)19-30(33)31-23(6)26-18-25(20(2)3)29(36-7)17-22(26)5/h9-18,20,23H,8,19H2,1-7H3,(H,31,33)/t23-/m0/s1. The van der Waals surface area contributed by atoms with E-state index in [1.54, 1.807) is 55.6 Å². The molecule has 1 atom stereocenters. The van der Waals surface area contributed by atoms with Crippen molar-refractivity contribution in [2.45, 2.75) is 58.4 Å². The highest BCUT2D eigenvalue weighted by molar-refractivity contribution is 7.92. The van der Waals surface area contributed by atoms with Crippen LogP contribution in [0.4, 0.5) is 5.69 Å². The first-order chi connectivity index (χ1) is 18.0. The first-order valence-corrected chi connectivity index (χ1v) is 14.2. The Bertz CT molecular complexity index is 1370. The Labute approximate surface area is 226 Å². The molecule has 8 heteroatoms. The summed E-state index contributed by atoms with van der Waals surface area (Å²) in [5.74, 6) is 1.000. The van der Waals surface area contributed by atoms with Crippen molar-refractivity contribution in [1.29, 1.82) is 0 Å². The zero-order valence-electron chi connectivity index (χ0n) is 23.2. The lowest BCUT2D eigenvalue weighted by Crippen LogP contribution is -2.41. The number of ether oxygens (including phenoxy) is 2. The van der Waals surface area contributed by atoms with Crippen molar-refractivity contribution < 1.29 is 22.7 Å². The molecule has 0 unspecified atom stereocenters. The molecule has 0 bridgehead atoms. The maximum atomic E-state index is 13.8. The molecule has 0 aliphatic carbocycles. The predicted octanol–water partition coefficient (Wildman–Crippen LogP) is 5.91. The number of benzene rings is 3. The summed E-state index contributed by atoms with van der Waals surface area (Å²) in [5, 5.41) is 3.00. The van der Waals surface area contributed by atoms with E-state index in [4.69, 9.17) is 9.47 Å². The van der Waals surface area contributed by atoms with E-state index < -0.39 is 22.5 Å². The van der Waals surface area contributed by atoms with E-state index in [0.29, 0.717) is 18.0 Å². The molecular formula is C30H38N2O5S. The van der Waals surface area contributed by atoms with E-state index in [-0.39, 0.29) is 16.9 Å². The number of para-hydroxylation sites is 2. The largest absolute Gasteiger partial charge is 0.496 e. The molecule has 204 valence electrons. The van der Waals surface area contributed by atoms with Gasteiger partial charge in [0.1, 0.15) is 18.0 Å². The Morgan fingerprint density at radius 1 is 0.947 bits per heavy atom. The molecule has 1 N–H and O–H groups in total. The van der Waals surface area contributed by atoms with E-state index in [2.05, 4.69) is 25.2 Å². The van der Waals surface area contributed by atoms with Crippen molar-refractivity contribution in [1.82, 2.24) is 5.32 Å². The van der Waals surface area contributed by atoms with Gasteiger partial charge in [-0.1, -0.05) is 43.7 Å². The average molecular weight is 539 g/mol. The molecule has 0 saturated carbocycles. The molecular weight excluding hydrogens is 500 g/mol. The number of carbonyl (C=O) groups is 1. The lowest BCUT2D eigenvalue weighted by atomic mass is 9.93. The Hall–Kier alpha value is -3.52. The molecule has 0 saturated heterocycles. The number of anilines is 1. The Kier molecular flexibility index (Phi) is 9.44. The fraction of sp³-hybridized carbons (Fsp3) is 0.367. The van der Waals surface area contributed by atoms with Gasteiger partial charge in [-0.05, 0) is 86.7 Å². The van der Waals surface area contributed by atoms with Crippen LogP contribution in [0.2, 0.25) is 0 Å². The van der Waals surface area contributed by atoms with E-state index in [0.717, 1.165) is 32.3 Å². The smallest absolute Gasteiger partial charge is 0.264 e. The SMILES string of the molecule is CCOc1ccccc1N(CC(=O)N[C@@H](C)c1cc(C(C)C)c(OC)cc1C)S(=O)(=O)c1ccc(C)cc1. The number of carbonyl (C=O) groups excluding carboxylic acids is 1. The predicted molar refractivity (Wildman–Crippen MR) is 152 cm³/mol. The van der Waals surface area contributed by atoms with Gasteiger partial charge in [-0.15, -0.1) is 0 Å². The highest BCUT2D eigenvalue weighted by Crippen LogP contribution is 2.34. The van der Waals surface area contributed by atoms with Crippen molar-refractivity contribution in [2.75, 3.05) is 24.6 Å². The molecule has 0 aliphatic rings. The van der Waals surface area contributed by atoms with E-state index in [1.165, 1.54) is 0 Å². The maximum absolute atomic E-state index is 13.8. The van der Waals surface area contributed by atoms with Crippen LogP contribution in [0.1, 0.15) is 61.9 Å². The van der Waals surface area contributed by atoms with Crippen molar-refractivity contribution >= 4 is 21.6 Å². The zero-order chi connectivity index (χ0) is 28.0. The number of nitrogens with zero attached hydrogens (tertiary/aromatic N) is 1. The third kappa shape index (κ3) is 6.48. The van der Waals surface area contributed by atoms with Crippen LogP contribution in [-0.4, -0.2) is 34.6 Å². The van der Waals surface area contributed by atoms with Crippen molar-refractivity contribution in [2.24, 2.45) is 0 Å². The monoisotopic (exact) mass is 538 g/mol. The summed E-state index contributed by atoms with van der Waals surface area (Å²) in [7, 11) is -2.42. The van der Waals surface area contributed by atoms with Crippen molar-refractivity contribution in [3.8, 4) is 11.5 Å². The van der Waals surface area contributed by atoms with E-state index in [1.807, 2.05) is 33.8 Å². The lowest BCUT2D eigenvalue weighted by Gasteiger charge is -2.27. The minimum absolute atomic E-state index is 0.0998. The van der Waals surface area contributed by atoms with Gasteiger partial charge < -0.3 is 14.8 Å². The fourth-order valence-corrected chi connectivity index (χ4v) is 5.81. The topological polar surface area (TPSA) is 84.9 Å².